The van der Waals surface area contributed by atoms with Crippen molar-refractivity contribution in [3.63, 3.8) is 0 Å². The summed E-state index contributed by atoms with van der Waals surface area (Å²) in [5.74, 6) is 0.586. The average molecular weight is 427 g/mol. The third-order valence-electron chi connectivity index (χ3n) is 3.22. The van der Waals surface area contributed by atoms with E-state index in [9.17, 15) is 18.5 Å². The van der Waals surface area contributed by atoms with Gasteiger partial charge in [0.2, 0.25) is 5.13 Å². The Hall–Kier alpha value is -2.76. The van der Waals surface area contributed by atoms with Crippen LogP contribution in [0.4, 0.5) is 10.8 Å². The Morgan fingerprint density at radius 2 is 1.78 bits per heavy atom. The van der Waals surface area contributed by atoms with Gasteiger partial charge in [0.1, 0.15) is 12.4 Å². The van der Waals surface area contributed by atoms with E-state index in [4.69, 9.17) is 16.3 Å². The van der Waals surface area contributed by atoms with Crippen LogP contribution in [-0.2, 0) is 16.6 Å². The molecule has 0 radical (unpaired) electrons. The first kappa shape index (κ1) is 19.0. The Labute approximate surface area is 162 Å². The molecule has 0 aliphatic carbocycles. The lowest BCUT2D eigenvalue weighted by Gasteiger charge is -2.04. The average Bonchev–Trinajstić information content (AvgIpc) is 3.08. The Morgan fingerprint density at radius 3 is 2.41 bits per heavy atom. The van der Waals surface area contributed by atoms with Gasteiger partial charge in [-0.2, -0.15) is 0 Å². The highest BCUT2D eigenvalue weighted by molar-refractivity contribution is 7.93. The Morgan fingerprint density at radius 1 is 1.11 bits per heavy atom. The van der Waals surface area contributed by atoms with Crippen molar-refractivity contribution in [3.05, 3.63) is 68.7 Å². The van der Waals surface area contributed by atoms with Gasteiger partial charge in [0, 0.05) is 17.2 Å². The topological polar surface area (TPSA) is 124 Å². The van der Waals surface area contributed by atoms with Crippen molar-refractivity contribution in [1.29, 1.82) is 0 Å². The van der Waals surface area contributed by atoms with Gasteiger partial charge in [-0.05, 0) is 36.4 Å². The molecule has 1 heterocycles. The van der Waals surface area contributed by atoms with E-state index < -0.39 is 14.9 Å². The fourth-order valence-corrected chi connectivity index (χ4v) is 3.96. The number of nitro groups is 1. The number of benzene rings is 2. The number of nitrogens with zero attached hydrogens (tertiary/aromatic N) is 3. The van der Waals surface area contributed by atoms with Crippen LogP contribution in [0.3, 0.4) is 0 Å². The van der Waals surface area contributed by atoms with Gasteiger partial charge in [-0.25, -0.2) is 8.42 Å². The van der Waals surface area contributed by atoms with Crippen molar-refractivity contribution in [2.45, 2.75) is 11.5 Å². The van der Waals surface area contributed by atoms with E-state index in [1.807, 2.05) is 0 Å². The molecule has 0 aliphatic rings. The molecule has 0 fully saturated rings. The molecule has 0 unspecified atom stereocenters. The third-order valence-corrected chi connectivity index (χ3v) is 5.77. The minimum Gasteiger partial charge on any atom is -0.486 e. The molecule has 0 saturated heterocycles. The van der Waals surface area contributed by atoms with Crippen LogP contribution >= 0.6 is 22.9 Å². The molecule has 2 aromatic carbocycles. The van der Waals surface area contributed by atoms with Crippen molar-refractivity contribution in [1.82, 2.24) is 10.2 Å². The second kappa shape index (κ2) is 7.86. The van der Waals surface area contributed by atoms with Gasteiger partial charge in [0.25, 0.3) is 15.7 Å². The molecule has 0 aliphatic heterocycles. The zero-order valence-corrected chi connectivity index (χ0v) is 15.8. The predicted octanol–water partition coefficient (Wildman–Crippen LogP) is 3.48. The summed E-state index contributed by atoms with van der Waals surface area (Å²) >= 11 is 6.81. The van der Waals surface area contributed by atoms with Gasteiger partial charge in [-0.1, -0.05) is 22.9 Å². The Bertz CT molecular complexity index is 1050. The normalized spacial score (nSPS) is 11.1. The Kier molecular flexibility index (Phi) is 5.54. The van der Waals surface area contributed by atoms with E-state index in [0.717, 1.165) is 35.6 Å². The van der Waals surface area contributed by atoms with Crippen LogP contribution in [0.15, 0.2) is 53.4 Å². The highest BCUT2D eigenvalue weighted by Crippen LogP contribution is 2.23. The number of hydrogen-bond acceptors (Lipinski definition) is 8. The minimum atomic E-state index is -3.93. The van der Waals surface area contributed by atoms with Gasteiger partial charge in [0.05, 0.1) is 9.82 Å². The van der Waals surface area contributed by atoms with Crippen LogP contribution in [0.1, 0.15) is 5.01 Å². The van der Waals surface area contributed by atoms with E-state index >= 15 is 0 Å². The molecule has 0 atom stereocenters. The summed E-state index contributed by atoms with van der Waals surface area (Å²) in [4.78, 5) is 9.91. The molecule has 27 heavy (non-hydrogen) atoms. The maximum atomic E-state index is 12.3. The molecule has 9 nitrogen and oxygen atoms in total. The first-order valence-corrected chi connectivity index (χ1v) is 9.99. The van der Waals surface area contributed by atoms with Gasteiger partial charge >= 0.3 is 0 Å². The number of aromatic nitrogens is 2. The van der Waals surface area contributed by atoms with Crippen molar-refractivity contribution in [3.8, 4) is 5.75 Å². The lowest BCUT2D eigenvalue weighted by atomic mass is 10.3. The minimum absolute atomic E-state index is 0.0584. The summed E-state index contributed by atoms with van der Waals surface area (Å²) in [7, 11) is -3.93. The molecular formula is C15H11ClN4O5S2. The van der Waals surface area contributed by atoms with Crippen molar-refractivity contribution in [2.24, 2.45) is 0 Å². The summed E-state index contributed by atoms with van der Waals surface area (Å²) in [6.45, 7) is 0.110. The number of anilines is 1. The first-order chi connectivity index (χ1) is 12.8. The fraction of sp³-hybridized carbons (Fsp3) is 0.0667. The van der Waals surface area contributed by atoms with Crippen LogP contribution in [-0.4, -0.2) is 23.5 Å². The number of hydrogen-bond donors (Lipinski definition) is 1. The van der Waals surface area contributed by atoms with E-state index in [-0.39, 0.29) is 22.3 Å². The molecular weight excluding hydrogens is 416 g/mol. The van der Waals surface area contributed by atoms with Crippen molar-refractivity contribution in [2.75, 3.05) is 4.72 Å². The van der Waals surface area contributed by atoms with Crippen LogP contribution in [0.5, 0.6) is 5.75 Å². The van der Waals surface area contributed by atoms with E-state index in [2.05, 4.69) is 14.9 Å². The molecule has 0 spiro atoms. The molecule has 1 N–H and O–H groups in total. The standard InChI is InChI=1S/C15H11ClN4O5S2/c16-10-1-5-12(6-2-10)25-9-14-17-18-15(26-14)19-27(23,24)13-7-3-11(4-8-13)20(21)22/h1-8H,9H2,(H,18,19). The molecule has 140 valence electrons. The zero-order valence-electron chi connectivity index (χ0n) is 13.4. The van der Waals surface area contributed by atoms with Gasteiger partial charge < -0.3 is 4.74 Å². The molecule has 1 aromatic heterocycles. The predicted molar refractivity (Wildman–Crippen MR) is 99.6 cm³/mol. The summed E-state index contributed by atoms with van der Waals surface area (Å²) in [5.41, 5.74) is -0.202. The third kappa shape index (κ3) is 4.90. The lowest BCUT2D eigenvalue weighted by molar-refractivity contribution is -0.384. The molecule has 12 heteroatoms. The fourth-order valence-electron chi connectivity index (χ4n) is 1.95. The number of nitro benzene ring substituents is 1. The molecule has 0 bridgehead atoms. The summed E-state index contributed by atoms with van der Waals surface area (Å²) in [6.07, 6.45) is 0. The van der Waals surface area contributed by atoms with Crippen LogP contribution in [0.25, 0.3) is 0 Å². The second-order valence-corrected chi connectivity index (χ2v) is 8.28. The van der Waals surface area contributed by atoms with Gasteiger partial charge in [-0.3, -0.25) is 14.8 Å². The van der Waals surface area contributed by atoms with E-state index in [1.54, 1.807) is 24.3 Å². The number of halogens is 1. The number of ether oxygens (including phenoxy) is 1. The van der Waals surface area contributed by atoms with Crippen LogP contribution in [0, 0.1) is 10.1 Å². The summed E-state index contributed by atoms with van der Waals surface area (Å²) in [5, 5.41) is 19.4. The van der Waals surface area contributed by atoms with Crippen molar-refractivity contribution >= 4 is 43.8 Å². The number of rotatable bonds is 7. The molecule has 0 saturated carbocycles. The van der Waals surface area contributed by atoms with Gasteiger partial charge in [0.15, 0.2) is 5.01 Å². The SMILES string of the molecule is O=[N+]([O-])c1ccc(S(=O)(=O)Nc2nnc(COc3ccc(Cl)cc3)s2)cc1. The zero-order chi connectivity index (χ0) is 19.4. The number of non-ortho nitro benzene ring substituents is 1. The molecule has 3 aromatic rings. The highest BCUT2D eigenvalue weighted by atomic mass is 35.5. The first-order valence-electron chi connectivity index (χ1n) is 7.31. The molecule has 0 amide bonds. The quantitative estimate of drug-likeness (QED) is 0.452. The summed E-state index contributed by atoms with van der Waals surface area (Å²) in [6, 6.07) is 11.3. The second-order valence-electron chi connectivity index (χ2n) is 5.10. The Balaban J connectivity index is 1.65. The smallest absolute Gasteiger partial charge is 0.269 e. The monoisotopic (exact) mass is 426 g/mol. The largest absolute Gasteiger partial charge is 0.486 e. The molecule has 3 rings (SSSR count). The lowest BCUT2D eigenvalue weighted by Crippen LogP contribution is -2.12. The maximum absolute atomic E-state index is 12.3. The highest BCUT2D eigenvalue weighted by Gasteiger charge is 2.18. The van der Waals surface area contributed by atoms with Crippen molar-refractivity contribution < 1.29 is 18.1 Å². The van der Waals surface area contributed by atoms with E-state index in [0.29, 0.717) is 15.8 Å². The summed E-state index contributed by atoms with van der Waals surface area (Å²) < 4.78 is 32.4. The van der Waals surface area contributed by atoms with E-state index in [1.165, 1.54) is 0 Å². The van der Waals surface area contributed by atoms with Crippen LogP contribution in [0.2, 0.25) is 5.02 Å². The maximum Gasteiger partial charge on any atom is 0.269 e. The van der Waals surface area contributed by atoms with Crippen LogP contribution < -0.4 is 9.46 Å². The number of nitrogens with one attached hydrogen (secondary N) is 1. The number of sulfonamides is 1. The van der Waals surface area contributed by atoms with Gasteiger partial charge in [-0.15, -0.1) is 10.2 Å².